The van der Waals surface area contributed by atoms with Crippen LogP contribution < -0.4 is 4.74 Å². The quantitative estimate of drug-likeness (QED) is 0.942. The van der Waals surface area contributed by atoms with E-state index in [4.69, 9.17) is 4.74 Å². The van der Waals surface area contributed by atoms with E-state index < -0.39 is 6.10 Å². The first-order valence-electron chi connectivity index (χ1n) is 5.23. The van der Waals surface area contributed by atoms with Crippen molar-refractivity contribution in [3.63, 3.8) is 0 Å². The van der Waals surface area contributed by atoms with Crippen molar-refractivity contribution in [2.75, 3.05) is 6.61 Å². The molecule has 0 saturated carbocycles. The highest BCUT2D eigenvalue weighted by Crippen LogP contribution is 2.19. The zero-order valence-electron chi connectivity index (χ0n) is 9.08. The third kappa shape index (κ3) is 3.54. The third-order valence-corrected chi connectivity index (χ3v) is 2.73. The Hall–Kier alpha value is -1.39. The number of halogens is 1. The number of hydrogen-bond donors (Lipinski definition) is 1. The molecule has 0 aliphatic carbocycles. The molecule has 88 valence electrons. The van der Waals surface area contributed by atoms with Crippen molar-refractivity contribution in [2.24, 2.45) is 0 Å². The summed E-state index contributed by atoms with van der Waals surface area (Å²) in [5, 5.41) is 9.85. The first-order valence-corrected chi connectivity index (χ1v) is 6.02. The molecule has 0 radical (unpaired) electrons. The molecule has 3 nitrogen and oxygen atoms in total. The van der Waals surface area contributed by atoms with Gasteiger partial charge in [0.25, 0.3) is 0 Å². The van der Waals surface area contributed by atoms with E-state index in [9.17, 15) is 5.11 Å². The molecule has 0 fully saturated rings. The van der Waals surface area contributed by atoms with E-state index in [-0.39, 0.29) is 6.61 Å². The molecule has 2 rings (SSSR count). The van der Waals surface area contributed by atoms with Crippen LogP contribution in [-0.2, 0) is 0 Å². The summed E-state index contributed by atoms with van der Waals surface area (Å²) >= 11 is 3.36. The van der Waals surface area contributed by atoms with Gasteiger partial charge >= 0.3 is 0 Å². The van der Waals surface area contributed by atoms with Crippen molar-refractivity contribution >= 4 is 15.9 Å². The minimum Gasteiger partial charge on any atom is -0.490 e. The molecular weight excluding hydrogens is 282 g/mol. The fourth-order valence-corrected chi connectivity index (χ4v) is 1.77. The second kappa shape index (κ2) is 5.80. The van der Waals surface area contributed by atoms with E-state index >= 15 is 0 Å². The molecule has 1 atom stereocenters. The standard InChI is InChI=1S/C13H12BrNO2/c14-10-4-3-5-11(8-10)17-9-13(16)12-6-1-2-7-15-12/h1-8,13,16H,9H2. The highest BCUT2D eigenvalue weighted by molar-refractivity contribution is 9.10. The second-order valence-electron chi connectivity index (χ2n) is 3.54. The van der Waals surface area contributed by atoms with E-state index in [0.717, 1.165) is 4.47 Å². The zero-order chi connectivity index (χ0) is 12.1. The second-order valence-corrected chi connectivity index (χ2v) is 4.45. The number of ether oxygens (including phenoxy) is 1. The molecule has 1 unspecified atom stereocenters. The van der Waals surface area contributed by atoms with Gasteiger partial charge in [-0.25, -0.2) is 0 Å². The van der Waals surface area contributed by atoms with Crippen molar-refractivity contribution in [2.45, 2.75) is 6.10 Å². The lowest BCUT2D eigenvalue weighted by Crippen LogP contribution is -2.10. The largest absolute Gasteiger partial charge is 0.490 e. The summed E-state index contributed by atoms with van der Waals surface area (Å²) in [6.45, 7) is 0.188. The molecule has 1 heterocycles. The van der Waals surface area contributed by atoms with Gasteiger partial charge in [0.05, 0.1) is 5.69 Å². The van der Waals surface area contributed by atoms with Gasteiger partial charge in [-0.15, -0.1) is 0 Å². The Morgan fingerprint density at radius 3 is 2.82 bits per heavy atom. The van der Waals surface area contributed by atoms with Gasteiger partial charge in [0.2, 0.25) is 0 Å². The Balaban J connectivity index is 1.95. The number of rotatable bonds is 4. The van der Waals surface area contributed by atoms with Crippen LogP contribution in [0, 0.1) is 0 Å². The van der Waals surface area contributed by atoms with Crippen molar-refractivity contribution in [3.8, 4) is 5.75 Å². The van der Waals surface area contributed by atoms with Gasteiger partial charge in [0, 0.05) is 10.7 Å². The predicted octanol–water partition coefficient (Wildman–Crippen LogP) is 2.96. The molecule has 0 aliphatic heterocycles. The lowest BCUT2D eigenvalue weighted by molar-refractivity contribution is 0.104. The summed E-state index contributed by atoms with van der Waals surface area (Å²) in [4.78, 5) is 4.07. The van der Waals surface area contributed by atoms with Gasteiger partial charge < -0.3 is 9.84 Å². The lowest BCUT2D eigenvalue weighted by Gasteiger charge is -2.11. The van der Waals surface area contributed by atoms with Crippen LogP contribution in [-0.4, -0.2) is 16.7 Å². The smallest absolute Gasteiger partial charge is 0.130 e. The predicted molar refractivity (Wildman–Crippen MR) is 68.8 cm³/mol. The molecule has 2 aromatic rings. The molecule has 0 bridgehead atoms. The van der Waals surface area contributed by atoms with Crippen LogP contribution in [0.4, 0.5) is 0 Å². The summed E-state index contributed by atoms with van der Waals surface area (Å²) in [6.07, 6.45) is 0.938. The number of aliphatic hydroxyl groups is 1. The van der Waals surface area contributed by atoms with Gasteiger partial charge in [-0.2, -0.15) is 0 Å². The molecule has 1 N–H and O–H groups in total. The van der Waals surface area contributed by atoms with Crippen molar-refractivity contribution in [1.29, 1.82) is 0 Å². The lowest BCUT2D eigenvalue weighted by atomic mass is 10.2. The van der Waals surface area contributed by atoms with Gasteiger partial charge in [-0.1, -0.05) is 28.1 Å². The molecule has 4 heteroatoms. The SMILES string of the molecule is OC(COc1cccc(Br)c1)c1ccccn1. The van der Waals surface area contributed by atoms with Crippen LogP contribution in [0.1, 0.15) is 11.8 Å². The molecular formula is C13H12BrNO2. The topological polar surface area (TPSA) is 42.4 Å². The van der Waals surface area contributed by atoms with Crippen LogP contribution in [0.25, 0.3) is 0 Å². The first kappa shape index (κ1) is 12.1. The van der Waals surface area contributed by atoms with Gasteiger partial charge in [-0.05, 0) is 30.3 Å². The average molecular weight is 294 g/mol. The number of aromatic nitrogens is 1. The number of benzene rings is 1. The fourth-order valence-electron chi connectivity index (χ4n) is 1.39. The van der Waals surface area contributed by atoms with Crippen LogP contribution in [0.2, 0.25) is 0 Å². The third-order valence-electron chi connectivity index (χ3n) is 2.23. The Kier molecular flexibility index (Phi) is 4.12. The maximum atomic E-state index is 9.85. The Morgan fingerprint density at radius 1 is 1.24 bits per heavy atom. The summed E-state index contributed by atoms with van der Waals surface area (Å²) in [7, 11) is 0. The summed E-state index contributed by atoms with van der Waals surface area (Å²) in [5.74, 6) is 0.717. The highest BCUT2D eigenvalue weighted by Gasteiger charge is 2.09. The van der Waals surface area contributed by atoms with E-state index in [1.807, 2.05) is 36.4 Å². The average Bonchev–Trinajstić information content (AvgIpc) is 2.37. The number of pyridine rings is 1. The summed E-state index contributed by atoms with van der Waals surface area (Å²) in [6, 6.07) is 12.9. The van der Waals surface area contributed by atoms with Crippen molar-refractivity contribution in [3.05, 3.63) is 58.8 Å². The molecule has 17 heavy (non-hydrogen) atoms. The van der Waals surface area contributed by atoms with Crippen LogP contribution >= 0.6 is 15.9 Å². The summed E-state index contributed by atoms with van der Waals surface area (Å²) in [5.41, 5.74) is 0.613. The Morgan fingerprint density at radius 2 is 2.12 bits per heavy atom. The normalized spacial score (nSPS) is 12.1. The maximum Gasteiger partial charge on any atom is 0.130 e. The maximum absolute atomic E-state index is 9.85. The van der Waals surface area contributed by atoms with Crippen molar-refractivity contribution < 1.29 is 9.84 Å². The van der Waals surface area contributed by atoms with Gasteiger partial charge in [0.1, 0.15) is 18.5 Å². The summed E-state index contributed by atoms with van der Waals surface area (Å²) < 4.78 is 6.43. The van der Waals surface area contributed by atoms with Gasteiger partial charge in [0.15, 0.2) is 0 Å². The van der Waals surface area contributed by atoms with E-state index in [1.165, 1.54) is 0 Å². The minimum absolute atomic E-state index is 0.188. The molecule has 1 aromatic carbocycles. The molecule has 0 aliphatic rings. The molecule has 0 saturated heterocycles. The van der Waals surface area contributed by atoms with Crippen LogP contribution in [0.5, 0.6) is 5.75 Å². The first-order chi connectivity index (χ1) is 8.25. The van der Waals surface area contributed by atoms with Crippen LogP contribution in [0.15, 0.2) is 53.1 Å². The molecule has 1 aromatic heterocycles. The monoisotopic (exact) mass is 293 g/mol. The highest BCUT2D eigenvalue weighted by atomic mass is 79.9. The zero-order valence-corrected chi connectivity index (χ0v) is 10.7. The number of hydrogen-bond acceptors (Lipinski definition) is 3. The van der Waals surface area contributed by atoms with Crippen molar-refractivity contribution in [1.82, 2.24) is 4.98 Å². The van der Waals surface area contributed by atoms with E-state index in [0.29, 0.717) is 11.4 Å². The number of nitrogens with zero attached hydrogens (tertiary/aromatic N) is 1. The Labute approximate surface area is 108 Å². The fraction of sp³-hybridized carbons (Fsp3) is 0.154. The van der Waals surface area contributed by atoms with Crippen LogP contribution in [0.3, 0.4) is 0 Å². The molecule has 0 amide bonds. The number of aliphatic hydroxyl groups excluding tert-OH is 1. The Bertz CT molecular complexity index is 476. The van der Waals surface area contributed by atoms with E-state index in [1.54, 1.807) is 12.3 Å². The molecule has 0 spiro atoms. The minimum atomic E-state index is -0.713. The van der Waals surface area contributed by atoms with Gasteiger partial charge in [-0.3, -0.25) is 4.98 Å². The van der Waals surface area contributed by atoms with E-state index in [2.05, 4.69) is 20.9 Å².